The smallest absolute Gasteiger partial charge is 0.138 e. The number of benzene rings is 1. The molecule has 0 aliphatic carbocycles. The van der Waals surface area contributed by atoms with Gasteiger partial charge in [0.1, 0.15) is 17.7 Å². The fraction of sp³-hybridized carbons (Fsp3) is 0.421. The van der Waals surface area contributed by atoms with E-state index in [9.17, 15) is 0 Å². The molecule has 1 saturated heterocycles. The van der Waals surface area contributed by atoms with Gasteiger partial charge in [0.2, 0.25) is 0 Å². The topological polar surface area (TPSA) is 50.1 Å². The first-order valence-electron chi connectivity index (χ1n) is 9.01. The Morgan fingerprint density at radius 3 is 2.69 bits per heavy atom. The zero-order chi connectivity index (χ0) is 17.9. The summed E-state index contributed by atoms with van der Waals surface area (Å²) in [6.07, 6.45) is 5.21. The Balaban J connectivity index is 1.35. The van der Waals surface area contributed by atoms with E-state index in [1.165, 1.54) is 16.1 Å². The molecule has 0 bridgehead atoms. The van der Waals surface area contributed by atoms with Crippen molar-refractivity contribution >= 4 is 11.3 Å². The third kappa shape index (κ3) is 3.70. The van der Waals surface area contributed by atoms with E-state index in [0.29, 0.717) is 6.04 Å². The first kappa shape index (κ1) is 17.3. The summed E-state index contributed by atoms with van der Waals surface area (Å²) in [6.45, 7) is 9.78. The summed E-state index contributed by atoms with van der Waals surface area (Å²) in [5, 5.41) is 7.51. The van der Waals surface area contributed by atoms with Crippen LogP contribution in [0.25, 0.3) is 5.69 Å². The minimum atomic E-state index is 0.418. The lowest BCUT2D eigenvalue weighted by Crippen LogP contribution is -2.46. The van der Waals surface area contributed by atoms with E-state index in [-0.39, 0.29) is 0 Å². The van der Waals surface area contributed by atoms with Gasteiger partial charge in [-0.1, -0.05) is 12.1 Å². The van der Waals surface area contributed by atoms with E-state index in [2.05, 4.69) is 62.3 Å². The summed E-state index contributed by atoms with van der Waals surface area (Å²) in [6, 6.07) is 7.03. The molecule has 1 aliphatic heterocycles. The molecule has 0 amide bonds. The van der Waals surface area contributed by atoms with Crippen LogP contribution in [-0.4, -0.2) is 55.7 Å². The van der Waals surface area contributed by atoms with Crippen molar-refractivity contribution in [3.63, 3.8) is 0 Å². The van der Waals surface area contributed by atoms with Crippen LogP contribution in [0.15, 0.2) is 42.4 Å². The van der Waals surface area contributed by atoms with Gasteiger partial charge in [0, 0.05) is 44.3 Å². The molecule has 7 heteroatoms. The normalized spacial score (nSPS) is 17.5. The van der Waals surface area contributed by atoms with Gasteiger partial charge in [0.15, 0.2) is 0 Å². The maximum atomic E-state index is 4.47. The molecule has 1 atom stereocenters. The summed E-state index contributed by atoms with van der Waals surface area (Å²) in [5.41, 5.74) is 3.67. The standard InChI is InChI=1S/C19H24N6S/c1-15-11-17(3-4-18(15)25-14-20-13-22-25)12-23-6-8-24(9-7-23)16(2)19-21-5-10-26-19/h3-5,10-11,13-14,16H,6-9,12H2,1-2H3. The summed E-state index contributed by atoms with van der Waals surface area (Å²) >= 11 is 1.75. The lowest BCUT2D eigenvalue weighted by molar-refractivity contribution is 0.0977. The first-order valence-corrected chi connectivity index (χ1v) is 9.89. The number of thiazole rings is 1. The third-order valence-corrected chi connectivity index (χ3v) is 6.04. The SMILES string of the molecule is Cc1cc(CN2CCN(C(C)c3nccs3)CC2)ccc1-n1cncn1. The summed E-state index contributed by atoms with van der Waals surface area (Å²) in [5.74, 6) is 0. The fourth-order valence-corrected chi connectivity index (χ4v) is 4.30. The van der Waals surface area contributed by atoms with Crippen LogP contribution in [0.2, 0.25) is 0 Å². The second kappa shape index (κ2) is 7.65. The van der Waals surface area contributed by atoms with Gasteiger partial charge in [0.25, 0.3) is 0 Å². The van der Waals surface area contributed by atoms with E-state index in [1.54, 1.807) is 24.0 Å². The Labute approximate surface area is 158 Å². The van der Waals surface area contributed by atoms with E-state index in [1.807, 2.05) is 10.9 Å². The maximum Gasteiger partial charge on any atom is 0.138 e. The predicted molar refractivity (Wildman–Crippen MR) is 103 cm³/mol. The molecular weight excluding hydrogens is 344 g/mol. The lowest BCUT2D eigenvalue weighted by atomic mass is 10.1. The number of piperazine rings is 1. The molecule has 0 spiro atoms. The highest BCUT2D eigenvalue weighted by atomic mass is 32.1. The quantitative estimate of drug-likeness (QED) is 0.693. The number of nitrogens with zero attached hydrogens (tertiary/aromatic N) is 6. The summed E-state index contributed by atoms with van der Waals surface area (Å²) in [7, 11) is 0. The molecule has 136 valence electrons. The van der Waals surface area contributed by atoms with Gasteiger partial charge in [-0.25, -0.2) is 14.6 Å². The van der Waals surface area contributed by atoms with Gasteiger partial charge in [-0.15, -0.1) is 11.3 Å². The fourth-order valence-electron chi connectivity index (χ4n) is 3.57. The molecule has 3 aromatic rings. The van der Waals surface area contributed by atoms with Crippen LogP contribution in [0.3, 0.4) is 0 Å². The van der Waals surface area contributed by atoms with Crippen LogP contribution in [0.5, 0.6) is 0 Å². The Bertz CT molecular complexity index is 822. The first-order chi connectivity index (χ1) is 12.7. The highest BCUT2D eigenvalue weighted by Gasteiger charge is 2.23. The molecule has 1 fully saturated rings. The van der Waals surface area contributed by atoms with Crippen LogP contribution < -0.4 is 0 Å². The van der Waals surface area contributed by atoms with Crippen molar-refractivity contribution in [1.82, 2.24) is 29.5 Å². The molecule has 1 unspecified atom stereocenters. The molecule has 0 N–H and O–H groups in total. The second-order valence-corrected chi connectivity index (χ2v) is 7.75. The van der Waals surface area contributed by atoms with Crippen LogP contribution in [0.4, 0.5) is 0 Å². The number of aromatic nitrogens is 4. The largest absolute Gasteiger partial charge is 0.297 e. The highest BCUT2D eigenvalue weighted by molar-refractivity contribution is 7.09. The lowest BCUT2D eigenvalue weighted by Gasteiger charge is -2.37. The Kier molecular flexibility index (Phi) is 5.10. The van der Waals surface area contributed by atoms with Crippen molar-refractivity contribution in [1.29, 1.82) is 0 Å². The van der Waals surface area contributed by atoms with E-state index < -0.39 is 0 Å². The Morgan fingerprint density at radius 1 is 1.19 bits per heavy atom. The molecule has 26 heavy (non-hydrogen) atoms. The molecule has 0 saturated carbocycles. The number of hydrogen-bond donors (Lipinski definition) is 0. The van der Waals surface area contributed by atoms with Crippen molar-refractivity contribution < 1.29 is 0 Å². The van der Waals surface area contributed by atoms with Gasteiger partial charge < -0.3 is 0 Å². The number of hydrogen-bond acceptors (Lipinski definition) is 6. The average molecular weight is 369 g/mol. The van der Waals surface area contributed by atoms with Gasteiger partial charge >= 0.3 is 0 Å². The maximum absolute atomic E-state index is 4.47. The van der Waals surface area contributed by atoms with Crippen LogP contribution in [0, 0.1) is 6.92 Å². The minimum absolute atomic E-state index is 0.418. The van der Waals surface area contributed by atoms with Crippen molar-refractivity contribution in [2.45, 2.75) is 26.4 Å². The molecule has 2 aromatic heterocycles. The monoisotopic (exact) mass is 368 g/mol. The Morgan fingerprint density at radius 2 is 2.04 bits per heavy atom. The van der Waals surface area contributed by atoms with Gasteiger partial charge in [-0.05, 0) is 31.0 Å². The van der Waals surface area contributed by atoms with Crippen molar-refractivity contribution in [3.8, 4) is 5.69 Å². The van der Waals surface area contributed by atoms with Crippen molar-refractivity contribution in [3.05, 3.63) is 58.6 Å². The molecular formula is C19H24N6S. The van der Waals surface area contributed by atoms with Crippen LogP contribution >= 0.6 is 11.3 Å². The number of rotatable bonds is 5. The van der Waals surface area contributed by atoms with Crippen LogP contribution in [0.1, 0.15) is 29.1 Å². The third-order valence-electron chi connectivity index (χ3n) is 5.10. The molecule has 1 aromatic carbocycles. The van der Waals surface area contributed by atoms with Crippen LogP contribution in [-0.2, 0) is 6.54 Å². The number of aryl methyl sites for hydroxylation is 1. The van der Waals surface area contributed by atoms with E-state index in [0.717, 1.165) is 38.4 Å². The molecule has 3 heterocycles. The van der Waals surface area contributed by atoms with E-state index >= 15 is 0 Å². The zero-order valence-electron chi connectivity index (χ0n) is 15.2. The highest BCUT2D eigenvalue weighted by Crippen LogP contribution is 2.24. The van der Waals surface area contributed by atoms with Crippen molar-refractivity contribution in [2.24, 2.45) is 0 Å². The van der Waals surface area contributed by atoms with Gasteiger partial charge in [0.05, 0.1) is 11.7 Å². The molecule has 4 rings (SSSR count). The van der Waals surface area contributed by atoms with Gasteiger partial charge in [-0.2, -0.15) is 5.10 Å². The van der Waals surface area contributed by atoms with Gasteiger partial charge in [-0.3, -0.25) is 9.80 Å². The zero-order valence-corrected chi connectivity index (χ0v) is 16.1. The molecule has 1 aliphatic rings. The summed E-state index contributed by atoms with van der Waals surface area (Å²) < 4.78 is 1.82. The predicted octanol–water partition coefficient (Wildman–Crippen LogP) is 2.91. The molecule has 0 radical (unpaired) electrons. The second-order valence-electron chi connectivity index (χ2n) is 6.82. The van der Waals surface area contributed by atoms with Crippen molar-refractivity contribution in [2.75, 3.05) is 26.2 Å². The minimum Gasteiger partial charge on any atom is -0.297 e. The summed E-state index contributed by atoms with van der Waals surface area (Å²) in [4.78, 5) is 13.6. The van der Waals surface area contributed by atoms with E-state index in [4.69, 9.17) is 0 Å². The molecule has 6 nitrogen and oxygen atoms in total. The Hall–Kier alpha value is -2.09. The average Bonchev–Trinajstić information content (AvgIpc) is 3.36.